The number of benzene rings is 1. The van der Waals surface area contributed by atoms with Crippen LogP contribution in [-0.2, 0) is 6.54 Å². The Balaban J connectivity index is 1.96. The fourth-order valence-corrected chi connectivity index (χ4v) is 1.85. The van der Waals surface area contributed by atoms with Crippen LogP contribution in [0, 0.1) is 0 Å². The molecule has 0 spiro atoms. The molecule has 0 radical (unpaired) electrons. The zero-order chi connectivity index (χ0) is 10.5. The van der Waals surface area contributed by atoms with E-state index in [1.807, 2.05) is 24.3 Å². The largest absolute Gasteiger partial charge is 0.490 e. The van der Waals surface area contributed by atoms with Gasteiger partial charge in [0.2, 0.25) is 0 Å². The van der Waals surface area contributed by atoms with Gasteiger partial charge in [0, 0.05) is 6.54 Å². The first kappa shape index (κ1) is 10.5. The Hall–Kier alpha value is -1.06. The average molecular weight is 206 g/mol. The molecule has 0 bridgehead atoms. The van der Waals surface area contributed by atoms with E-state index in [9.17, 15) is 0 Å². The molecular formula is C12H18N2O. The maximum Gasteiger partial charge on any atom is 0.120 e. The van der Waals surface area contributed by atoms with Gasteiger partial charge in [-0.1, -0.05) is 12.1 Å². The van der Waals surface area contributed by atoms with Crippen molar-refractivity contribution in [3.05, 3.63) is 29.8 Å². The van der Waals surface area contributed by atoms with Crippen molar-refractivity contribution < 1.29 is 4.74 Å². The van der Waals surface area contributed by atoms with Crippen LogP contribution in [0.2, 0.25) is 0 Å². The molecule has 3 nitrogen and oxygen atoms in total. The Morgan fingerprint density at radius 2 is 2.13 bits per heavy atom. The fraction of sp³-hybridized carbons (Fsp3) is 0.500. The molecule has 0 saturated carbocycles. The van der Waals surface area contributed by atoms with Gasteiger partial charge in [0.15, 0.2) is 0 Å². The lowest BCUT2D eigenvalue weighted by Crippen LogP contribution is -2.34. The van der Waals surface area contributed by atoms with Crippen molar-refractivity contribution in [2.75, 3.05) is 13.1 Å². The van der Waals surface area contributed by atoms with Gasteiger partial charge < -0.3 is 15.8 Å². The number of nitrogens with two attached hydrogens (primary N) is 1. The van der Waals surface area contributed by atoms with Crippen LogP contribution >= 0.6 is 0 Å². The van der Waals surface area contributed by atoms with E-state index in [-0.39, 0.29) is 0 Å². The summed E-state index contributed by atoms with van der Waals surface area (Å²) in [7, 11) is 0. The van der Waals surface area contributed by atoms with Gasteiger partial charge >= 0.3 is 0 Å². The van der Waals surface area contributed by atoms with E-state index < -0.39 is 0 Å². The zero-order valence-corrected chi connectivity index (χ0v) is 8.91. The van der Waals surface area contributed by atoms with Gasteiger partial charge in [0.25, 0.3) is 0 Å². The summed E-state index contributed by atoms with van der Waals surface area (Å²) in [4.78, 5) is 0. The van der Waals surface area contributed by atoms with Crippen LogP contribution in [0.3, 0.4) is 0 Å². The highest BCUT2D eigenvalue weighted by Gasteiger charge is 2.14. The second-order valence-electron chi connectivity index (χ2n) is 3.92. The van der Waals surface area contributed by atoms with Gasteiger partial charge in [-0.05, 0) is 43.6 Å². The Morgan fingerprint density at radius 1 is 1.33 bits per heavy atom. The molecule has 0 aliphatic carbocycles. The summed E-state index contributed by atoms with van der Waals surface area (Å²) in [6.07, 6.45) is 2.54. The van der Waals surface area contributed by atoms with E-state index in [1.54, 1.807) is 0 Å². The van der Waals surface area contributed by atoms with E-state index in [4.69, 9.17) is 10.5 Å². The van der Waals surface area contributed by atoms with Crippen molar-refractivity contribution in [3.8, 4) is 5.75 Å². The first-order valence-corrected chi connectivity index (χ1v) is 5.55. The van der Waals surface area contributed by atoms with E-state index in [0.717, 1.165) is 37.2 Å². The van der Waals surface area contributed by atoms with E-state index in [0.29, 0.717) is 12.6 Å². The number of hydrogen-bond acceptors (Lipinski definition) is 3. The van der Waals surface area contributed by atoms with Crippen molar-refractivity contribution in [2.45, 2.75) is 25.5 Å². The van der Waals surface area contributed by atoms with Gasteiger partial charge in [-0.15, -0.1) is 0 Å². The van der Waals surface area contributed by atoms with Gasteiger partial charge in [0.05, 0.1) is 0 Å². The summed E-state index contributed by atoms with van der Waals surface area (Å²) in [5.74, 6) is 0.949. The number of hydrogen-bond donors (Lipinski definition) is 2. The molecule has 3 heteroatoms. The average Bonchev–Trinajstić information content (AvgIpc) is 2.31. The van der Waals surface area contributed by atoms with Crippen LogP contribution < -0.4 is 15.8 Å². The molecule has 1 heterocycles. The van der Waals surface area contributed by atoms with E-state index in [1.165, 1.54) is 0 Å². The molecule has 1 aromatic carbocycles. The Morgan fingerprint density at radius 3 is 2.87 bits per heavy atom. The minimum atomic E-state index is 0.360. The maximum atomic E-state index is 5.90. The highest BCUT2D eigenvalue weighted by molar-refractivity contribution is 5.28. The van der Waals surface area contributed by atoms with Crippen LogP contribution in [-0.4, -0.2) is 19.2 Å². The molecule has 1 aromatic rings. The van der Waals surface area contributed by atoms with Crippen LogP contribution in [0.5, 0.6) is 5.75 Å². The molecule has 1 fully saturated rings. The van der Waals surface area contributed by atoms with Crippen LogP contribution in [0.4, 0.5) is 0 Å². The Labute approximate surface area is 90.6 Å². The van der Waals surface area contributed by atoms with Crippen molar-refractivity contribution in [2.24, 2.45) is 5.73 Å². The van der Waals surface area contributed by atoms with Gasteiger partial charge in [0.1, 0.15) is 11.9 Å². The second-order valence-corrected chi connectivity index (χ2v) is 3.92. The molecule has 1 aliphatic rings. The summed E-state index contributed by atoms with van der Waals surface area (Å²) < 4.78 is 5.90. The lowest BCUT2D eigenvalue weighted by atomic mass is 10.1. The van der Waals surface area contributed by atoms with E-state index in [2.05, 4.69) is 5.32 Å². The van der Waals surface area contributed by atoms with Crippen LogP contribution in [0.1, 0.15) is 18.4 Å². The number of piperidine rings is 1. The number of ether oxygens (including phenoxy) is 1. The second kappa shape index (κ2) is 5.14. The molecule has 1 aliphatic heterocycles. The van der Waals surface area contributed by atoms with E-state index >= 15 is 0 Å². The maximum absolute atomic E-state index is 5.90. The predicted molar refractivity (Wildman–Crippen MR) is 60.9 cm³/mol. The molecule has 0 aromatic heterocycles. The highest BCUT2D eigenvalue weighted by Crippen LogP contribution is 2.17. The van der Waals surface area contributed by atoms with Crippen molar-refractivity contribution in [1.82, 2.24) is 5.32 Å². The molecule has 82 valence electrons. The monoisotopic (exact) mass is 206 g/mol. The lowest BCUT2D eigenvalue weighted by Gasteiger charge is -2.24. The summed E-state index contributed by atoms with van der Waals surface area (Å²) in [6, 6.07) is 8.05. The molecule has 2 rings (SSSR count). The zero-order valence-electron chi connectivity index (χ0n) is 8.91. The Bertz CT molecular complexity index is 308. The quantitative estimate of drug-likeness (QED) is 0.783. The van der Waals surface area contributed by atoms with Gasteiger partial charge in [-0.3, -0.25) is 0 Å². The summed E-state index contributed by atoms with van der Waals surface area (Å²) in [5.41, 5.74) is 6.71. The van der Waals surface area contributed by atoms with Crippen molar-refractivity contribution >= 4 is 0 Å². The third kappa shape index (κ3) is 2.94. The Kier molecular flexibility index (Phi) is 3.59. The highest BCUT2D eigenvalue weighted by atomic mass is 16.5. The fourth-order valence-electron chi connectivity index (χ4n) is 1.85. The predicted octanol–water partition coefficient (Wildman–Crippen LogP) is 1.28. The standard InChI is InChI=1S/C12H18N2O/c13-9-10-2-1-3-12(8-10)15-11-4-6-14-7-5-11/h1-3,8,11,14H,4-7,9,13H2. The number of rotatable bonds is 3. The molecule has 0 amide bonds. The lowest BCUT2D eigenvalue weighted by molar-refractivity contribution is 0.162. The van der Waals surface area contributed by atoms with Gasteiger partial charge in [-0.25, -0.2) is 0 Å². The molecular weight excluding hydrogens is 188 g/mol. The first-order chi connectivity index (χ1) is 7.38. The van der Waals surface area contributed by atoms with Crippen molar-refractivity contribution in [1.29, 1.82) is 0 Å². The molecule has 15 heavy (non-hydrogen) atoms. The van der Waals surface area contributed by atoms with Crippen LogP contribution in [0.15, 0.2) is 24.3 Å². The summed E-state index contributed by atoms with van der Waals surface area (Å²) in [6.45, 7) is 2.69. The minimum absolute atomic E-state index is 0.360. The number of nitrogens with one attached hydrogen (secondary N) is 1. The molecule has 0 unspecified atom stereocenters. The molecule has 1 saturated heterocycles. The third-order valence-electron chi connectivity index (χ3n) is 2.72. The SMILES string of the molecule is NCc1cccc(OC2CCNCC2)c1. The van der Waals surface area contributed by atoms with Crippen molar-refractivity contribution in [3.63, 3.8) is 0 Å². The first-order valence-electron chi connectivity index (χ1n) is 5.55. The van der Waals surface area contributed by atoms with Crippen LogP contribution in [0.25, 0.3) is 0 Å². The smallest absolute Gasteiger partial charge is 0.120 e. The summed E-state index contributed by atoms with van der Waals surface area (Å²) >= 11 is 0. The topological polar surface area (TPSA) is 47.3 Å². The van der Waals surface area contributed by atoms with Gasteiger partial charge in [-0.2, -0.15) is 0 Å². The third-order valence-corrected chi connectivity index (χ3v) is 2.72. The normalized spacial score (nSPS) is 17.7. The molecule has 0 atom stereocenters. The minimum Gasteiger partial charge on any atom is -0.490 e. The molecule has 3 N–H and O–H groups in total. The summed E-state index contributed by atoms with van der Waals surface area (Å²) in [5, 5.41) is 3.32.